The summed E-state index contributed by atoms with van der Waals surface area (Å²) >= 11 is 0. The molecule has 1 heterocycles. The van der Waals surface area contributed by atoms with Crippen molar-refractivity contribution in [1.82, 2.24) is 10.3 Å². The molecule has 0 saturated heterocycles. The number of hydrogen-bond acceptors (Lipinski definition) is 4. The lowest BCUT2D eigenvalue weighted by Gasteiger charge is -2.13. The highest BCUT2D eigenvalue weighted by molar-refractivity contribution is 6.12. The van der Waals surface area contributed by atoms with Crippen molar-refractivity contribution in [2.24, 2.45) is 5.84 Å². The lowest BCUT2D eigenvalue weighted by Crippen LogP contribution is -2.31. The van der Waals surface area contributed by atoms with Crippen molar-refractivity contribution in [3.8, 4) is 0 Å². The highest BCUT2D eigenvalue weighted by atomic mass is 16.2. The van der Waals surface area contributed by atoms with Crippen LogP contribution < -0.4 is 11.3 Å². The van der Waals surface area contributed by atoms with Gasteiger partial charge in [0.2, 0.25) is 5.91 Å². The summed E-state index contributed by atoms with van der Waals surface area (Å²) in [6.45, 7) is 0.230. The van der Waals surface area contributed by atoms with Crippen molar-refractivity contribution in [3.05, 3.63) is 47.5 Å². The minimum Gasteiger partial charge on any atom is -0.294 e. The van der Waals surface area contributed by atoms with Crippen LogP contribution in [0.1, 0.15) is 11.1 Å². The molecule has 1 aliphatic rings. The zero-order valence-electron chi connectivity index (χ0n) is 10.1. The van der Waals surface area contributed by atoms with Crippen molar-refractivity contribution >= 4 is 17.7 Å². The smallest absolute Gasteiger partial charge is 0.253 e. The molecule has 19 heavy (non-hydrogen) atoms. The number of rotatable bonds is 4. The molecule has 0 aliphatic carbocycles. The highest BCUT2D eigenvalue weighted by Crippen LogP contribution is 2.12. The summed E-state index contributed by atoms with van der Waals surface area (Å²) in [5, 5.41) is 0. The summed E-state index contributed by atoms with van der Waals surface area (Å²) in [5.74, 6) is 4.11. The summed E-state index contributed by atoms with van der Waals surface area (Å²) in [7, 11) is 0. The van der Waals surface area contributed by atoms with Gasteiger partial charge in [-0.2, -0.15) is 0 Å². The summed E-state index contributed by atoms with van der Waals surface area (Å²) in [5.41, 5.74) is 3.68. The third-order valence-corrected chi connectivity index (χ3v) is 2.79. The van der Waals surface area contributed by atoms with Gasteiger partial charge in [-0.15, -0.1) is 0 Å². The number of benzene rings is 1. The van der Waals surface area contributed by atoms with Crippen molar-refractivity contribution < 1.29 is 14.4 Å². The Morgan fingerprint density at radius 3 is 2.11 bits per heavy atom. The average Bonchev–Trinajstić information content (AvgIpc) is 2.72. The van der Waals surface area contributed by atoms with E-state index >= 15 is 0 Å². The van der Waals surface area contributed by atoms with Crippen LogP contribution in [0.2, 0.25) is 0 Å². The first kappa shape index (κ1) is 13.0. The van der Waals surface area contributed by atoms with Crippen LogP contribution in [0.4, 0.5) is 0 Å². The molecule has 0 radical (unpaired) electrons. The lowest BCUT2D eigenvalue weighted by molar-refractivity contribution is -0.137. The molecule has 1 aliphatic heterocycles. The molecule has 3 N–H and O–H groups in total. The van der Waals surface area contributed by atoms with E-state index < -0.39 is 0 Å². The molecule has 2 rings (SSSR count). The molecule has 0 saturated carbocycles. The molecule has 98 valence electrons. The van der Waals surface area contributed by atoms with Crippen molar-refractivity contribution in [3.63, 3.8) is 0 Å². The zero-order chi connectivity index (χ0) is 13.8. The van der Waals surface area contributed by atoms with E-state index in [0.29, 0.717) is 0 Å². The highest BCUT2D eigenvalue weighted by Gasteiger charge is 2.23. The van der Waals surface area contributed by atoms with E-state index in [9.17, 15) is 14.4 Å². The van der Waals surface area contributed by atoms with Crippen LogP contribution in [0.25, 0.3) is 0 Å². The molecule has 6 nitrogen and oxygen atoms in total. The standard InChI is InChI=1S/C13H13N3O3/c14-15-11(17)7-9-1-3-10(4-2-9)8-16-12(18)5-6-13(16)19/h1-6H,7-8,14H2,(H,15,17). The Morgan fingerprint density at radius 1 is 1.05 bits per heavy atom. The molecule has 1 aromatic rings. The van der Waals surface area contributed by atoms with Gasteiger partial charge < -0.3 is 0 Å². The Kier molecular flexibility index (Phi) is 3.72. The Labute approximate surface area is 109 Å². The maximum Gasteiger partial charge on any atom is 0.253 e. The largest absolute Gasteiger partial charge is 0.294 e. The first-order valence-corrected chi connectivity index (χ1v) is 5.71. The van der Waals surface area contributed by atoms with E-state index in [-0.39, 0.29) is 30.7 Å². The average molecular weight is 259 g/mol. The fourth-order valence-electron chi connectivity index (χ4n) is 1.77. The van der Waals surface area contributed by atoms with Gasteiger partial charge in [0.1, 0.15) is 0 Å². The number of nitrogens with one attached hydrogen (secondary N) is 1. The van der Waals surface area contributed by atoms with Crippen LogP contribution >= 0.6 is 0 Å². The van der Waals surface area contributed by atoms with Crippen molar-refractivity contribution in [2.45, 2.75) is 13.0 Å². The number of amides is 3. The van der Waals surface area contributed by atoms with Crippen LogP contribution in [0.3, 0.4) is 0 Å². The molecule has 0 unspecified atom stereocenters. The molecular weight excluding hydrogens is 246 g/mol. The number of hydrazine groups is 1. The Balaban J connectivity index is 2.01. The maximum absolute atomic E-state index is 11.4. The van der Waals surface area contributed by atoms with Gasteiger partial charge in [0, 0.05) is 12.2 Å². The third kappa shape index (κ3) is 3.05. The minimum atomic E-state index is -0.309. The van der Waals surface area contributed by atoms with E-state index in [1.807, 2.05) is 0 Å². The van der Waals surface area contributed by atoms with Crippen LogP contribution in [-0.4, -0.2) is 22.6 Å². The summed E-state index contributed by atoms with van der Waals surface area (Å²) in [6.07, 6.45) is 2.70. The Hall–Kier alpha value is -2.47. The van der Waals surface area contributed by atoms with E-state index in [0.717, 1.165) is 16.0 Å². The quantitative estimate of drug-likeness (QED) is 0.334. The fourth-order valence-corrected chi connectivity index (χ4v) is 1.77. The number of hydrogen-bond donors (Lipinski definition) is 2. The van der Waals surface area contributed by atoms with Gasteiger partial charge in [0.25, 0.3) is 11.8 Å². The molecule has 0 bridgehead atoms. The van der Waals surface area contributed by atoms with Gasteiger partial charge in [-0.3, -0.25) is 24.7 Å². The predicted molar refractivity (Wildman–Crippen MR) is 67.2 cm³/mol. The van der Waals surface area contributed by atoms with Crippen LogP contribution in [0.15, 0.2) is 36.4 Å². The summed E-state index contributed by atoms with van der Waals surface area (Å²) in [6, 6.07) is 7.09. The molecule has 3 amide bonds. The second-order valence-corrected chi connectivity index (χ2v) is 4.16. The van der Waals surface area contributed by atoms with Crippen molar-refractivity contribution in [1.29, 1.82) is 0 Å². The normalized spacial score (nSPS) is 14.1. The van der Waals surface area contributed by atoms with E-state index in [4.69, 9.17) is 5.84 Å². The number of carbonyl (C=O) groups is 3. The second kappa shape index (κ2) is 5.45. The topological polar surface area (TPSA) is 92.5 Å². The SMILES string of the molecule is NNC(=O)Cc1ccc(CN2C(=O)C=CC2=O)cc1. The fraction of sp³-hybridized carbons (Fsp3) is 0.154. The van der Waals surface area contributed by atoms with Crippen LogP contribution in [0, 0.1) is 0 Å². The molecule has 0 fully saturated rings. The van der Waals surface area contributed by atoms with Gasteiger partial charge in [-0.05, 0) is 11.1 Å². The molecular formula is C13H13N3O3. The number of imide groups is 1. The molecule has 0 atom stereocenters. The van der Waals surface area contributed by atoms with Gasteiger partial charge in [0.15, 0.2) is 0 Å². The first-order valence-electron chi connectivity index (χ1n) is 5.71. The van der Waals surface area contributed by atoms with Gasteiger partial charge >= 0.3 is 0 Å². The molecule has 1 aromatic carbocycles. The van der Waals surface area contributed by atoms with Crippen LogP contribution in [0.5, 0.6) is 0 Å². The lowest BCUT2D eigenvalue weighted by atomic mass is 10.1. The number of nitrogens with two attached hydrogens (primary N) is 1. The van der Waals surface area contributed by atoms with Crippen molar-refractivity contribution in [2.75, 3.05) is 0 Å². The third-order valence-electron chi connectivity index (χ3n) is 2.79. The predicted octanol–water partition coefficient (Wildman–Crippen LogP) is -0.356. The monoisotopic (exact) mass is 259 g/mol. The molecule has 0 aromatic heterocycles. The summed E-state index contributed by atoms with van der Waals surface area (Å²) in [4.78, 5) is 35.0. The van der Waals surface area contributed by atoms with E-state index in [1.165, 1.54) is 12.2 Å². The summed E-state index contributed by atoms with van der Waals surface area (Å²) < 4.78 is 0. The molecule has 0 spiro atoms. The maximum atomic E-state index is 11.4. The van der Waals surface area contributed by atoms with Crippen LogP contribution in [-0.2, 0) is 27.3 Å². The Morgan fingerprint density at radius 2 is 1.58 bits per heavy atom. The number of nitrogens with zero attached hydrogens (tertiary/aromatic N) is 1. The van der Waals surface area contributed by atoms with E-state index in [1.54, 1.807) is 24.3 Å². The zero-order valence-corrected chi connectivity index (χ0v) is 10.1. The second-order valence-electron chi connectivity index (χ2n) is 4.16. The molecule has 6 heteroatoms. The van der Waals surface area contributed by atoms with E-state index in [2.05, 4.69) is 5.43 Å². The van der Waals surface area contributed by atoms with Gasteiger partial charge in [-0.1, -0.05) is 24.3 Å². The number of carbonyl (C=O) groups excluding carboxylic acids is 3. The van der Waals surface area contributed by atoms with Gasteiger partial charge in [0.05, 0.1) is 13.0 Å². The van der Waals surface area contributed by atoms with Gasteiger partial charge in [-0.25, -0.2) is 5.84 Å². The minimum absolute atomic E-state index is 0.194. The first-order chi connectivity index (χ1) is 9.10. The Bertz CT molecular complexity index is 531.